The molecule has 0 aliphatic carbocycles. The summed E-state index contributed by atoms with van der Waals surface area (Å²) in [7, 11) is 1.50. The summed E-state index contributed by atoms with van der Waals surface area (Å²) in [5, 5.41) is 10.6. The number of hydrogen-bond donors (Lipinski definition) is 3. The third-order valence-corrected chi connectivity index (χ3v) is 3.23. The highest BCUT2D eigenvalue weighted by Crippen LogP contribution is 2.21. The summed E-state index contributed by atoms with van der Waals surface area (Å²) in [4.78, 5) is 23.9. The maximum absolute atomic E-state index is 12.0. The number of ether oxygens (including phenoxy) is 1. The van der Waals surface area contributed by atoms with Crippen LogP contribution in [-0.4, -0.2) is 31.1 Å². The predicted molar refractivity (Wildman–Crippen MR) is 85.4 cm³/mol. The van der Waals surface area contributed by atoms with Crippen LogP contribution in [0.4, 0.5) is 0 Å². The normalized spacial score (nSPS) is 11.5. The first-order chi connectivity index (χ1) is 10.3. The van der Waals surface area contributed by atoms with Gasteiger partial charge in [-0.25, -0.2) is 4.79 Å². The second-order valence-corrected chi connectivity index (χ2v) is 5.13. The Kier molecular flexibility index (Phi) is 6.39. The summed E-state index contributed by atoms with van der Waals surface area (Å²) < 4.78 is 4.89. The van der Waals surface area contributed by atoms with Crippen molar-refractivity contribution >= 4 is 40.7 Å². The van der Waals surface area contributed by atoms with Gasteiger partial charge in [-0.15, -0.1) is 0 Å². The molecular weight excluding hydrogens is 329 g/mol. The number of Topliss-reactive ketones (excluding diaryl/α,β-unsaturated/α-hetero) is 1. The summed E-state index contributed by atoms with van der Waals surface area (Å²) in [6, 6.07) is 4.38. The van der Waals surface area contributed by atoms with Crippen molar-refractivity contribution in [3.05, 3.63) is 45.2 Å². The van der Waals surface area contributed by atoms with Crippen molar-refractivity contribution in [3.63, 3.8) is 0 Å². The molecule has 1 rings (SSSR count). The molecule has 0 aliphatic rings. The van der Waals surface area contributed by atoms with Gasteiger partial charge in [-0.2, -0.15) is 0 Å². The fourth-order valence-corrected chi connectivity index (χ4v) is 2.10. The van der Waals surface area contributed by atoms with Gasteiger partial charge >= 0.3 is 5.97 Å². The second kappa shape index (κ2) is 7.82. The molecule has 1 aromatic carbocycles. The van der Waals surface area contributed by atoms with Crippen LogP contribution in [0.25, 0.3) is 0 Å². The smallest absolute Gasteiger partial charge is 0.344 e. The van der Waals surface area contributed by atoms with E-state index in [1.807, 2.05) is 0 Å². The molecule has 8 heteroatoms. The van der Waals surface area contributed by atoms with Gasteiger partial charge in [0.05, 0.1) is 5.02 Å². The Labute approximate surface area is 137 Å². The molecule has 0 saturated carbocycles. The van der Waals surface area contributed by atoms with E-state index in [1.54, 1.807) is 0 Å². The van der Waals surface area contributed by atoms with Crippen LogP contribution in [0.3, 0.4) is 0 Å². The lowest BCUT2D eigenvalue weighted by atomic mass is 10.1. The fourth-order valence-electron chi connectivity index (χ4n) is 1.59. The molecule has 0 fully saturated rings. The molecule has 0 amide bonds. The Morgan fingerprint density at radius 2 is 2.00 bits per heavy atom. The van der Waals surface area contributed by atoms with Crippen LogP contribution in [0, 0.1) is 5.41 Å². The van der Waals surface area contributed by atoms with Gasteiger partial charge < -0.3 is 21.2 Å². The van der Waals surface area contributed by atoms with Gasteiger partial charge in [0.2, 0.25) is 5.78 Å². The Balaban J connectivity index is 2.83. The first-order valence-electron chi connectivity index (χ1n) is 6.16. The molecule has 4 N–H and O–H groups in total. The number of benzene rings is 1. The van der Waals surface area contributed by atoms with Crippen LogP contribution in [-0.2, 0) is 9.53 Å². The summed E-state index contributed by atoms with van der Waals surface area (Å²) in [6.45, 7) is 0.868. The summed E-state index contributed by atoms with van der Waals surface area (Å²) in [5.41, 5.74) is 5.57. The van der Waals surface area contributed by atoms with Crippen molar-refractivity contribution < 1.29 is 14.3 Å². The fraction of sp³-hybridized carbons (Fsp3) is 0.214. The third kappa shape index (κ3) is 4.47. The van der Waals surface area contributed by atoms with Crippen molar-refractivity contribution in [3.8, 4) is 0 Å². The number of carbonyl (C=O) groups excluding carboxylic acids is 2. The molecule has 0 heterocycles. The number of halogens is 2. The topological polar surface area (TPSA) is 105 Å². The number of hydrogen-bond acceptors (Lipinski definition) is 6. The molecule has 22 heavy (non-hydrogen) atoms. The molecule has 0 spiro atoms. The molecule has 0 unspecified atom stereocenters. The van der Waals surface area contributed by atoms with Crippen LogP contribution >= 0.6 is 23.2 Å². The molecule has 6 nitrogen and oxygen atoms in total. The van der Waals surface area contributed by atoms with Gasteiger partial charge in [0.1, 0.15) is 11.4 Å². The average Bonchev–Trinajstić information content (AvgIpc) is 2.44. The summed E-state index contributed by atoms with van der Waals surface area (Å²) >= 11 is 11.7. The second-order valence-electron chi connectivity index (χ2n) is 4.29. The van der Waals surface area contributed by atoms with Gasteiger partial charge in [-0.3, -0.25) is 4.79 Å². The van der Waals surface area contributed by atoms with Crippen molar-refractivity contribution in [1.29, 1.82) is 5.41 Å². The highest BCUT2D eigenvalue weighted by Gasteiger charge is 2.20. The van der Waals surface area contributed by atoms with Gasteiger partial charge in [-0.05, 0) is 25.1 Å². The van der Waals surface area contributed by atoms with E-state index in [2.05, 4.69) is 5.32 Å². The maximum atomic E-state index is 12.0. The lowest BCUT2D eigenvalue weighted by Gasteiger charge is -2.10. The minimum absolute atomic E-state index is 0.00512. The Bertz CT molecular complexity index is 657. The lowest BCUT2D eigenvalue weighted by molar-refractivity contribution is -0.137. The van der Waals surface area contributed by atoms with E-state index in [-0.39, 0.29) is 27.7 Å². The van der Waals surface area contributed by atoms with Gasteiger partial charge in [0.15, 0.2) is 6.61 Å². The largest absolute Gasteiger partial charge is 0.454 e. The van der Waals surface area contributed by atoms with E-state index in [0.717, 1.165) is 0 Å². The van der Waals surface area contributed by atoms with Crippen LogP contribution < -0.4 is 11.1 Å². The predicted octanol–water partition coefficient (Wildman–Crippen LogP) is 2.15. The van der Waals surface area contributed by atoms with E-state index in [9.17, 15) is 9.59 Å². The molecule has 0 radical (unpaired) electrons. The van der Waals surface area contributed by atoms with E-state index in [4.69, 9.17) is 39.1 Å². The van der Waals surface area contributed by atoms with Gasteiger partial charge in [0, 0.05) is 23.3 Å². The molecule has 0 saturated heterocycles. The SMILES string of the molecule is CN/C(N)=C(\C(C)=N)C(=O)OCC(=O)c1ccc(Cl)cc1Cl. The molecule has 1 aromatic rings. The molecule has 0 aliphatic heterocycles. The minimum atomic E-state index is -0.863. The summed E-state index contributed by atoms with van der Waals surface area (Å²) in [5.74, 6) is -1.35. The zero-order chi connectivity index (χ0) is 16.9. The zero-order valence-corrected chi connectivity index (χ0v) is 13.5. The highest BCUT2D eigenvalue weighted by atomic mass is 35.5. The maximum Gasteiger partial charge on any atom is 0.344 e. The Hall–Kier alpha value is -2.05. The molecule has 118 valence electrons. The lowest BCUT2D eigenvalue weighted by Crippen LogP contribution is -2.27. The van der Waals surface area contributed by atoms with E-state index in [0.29, 0.717) is 5.02 Å². The van der Waals surface area contributed by atoms with Crippen LogP contribution in [0.2, 0.25) is 10.0 Å². The highest BCUT2D eigenvalue weighted by molar-refractivity contribution is 6.36. The first-order valence-corrected chi connectivity index (χ1v) is 6.92. The van der Waals surface area contributed by atoms with Crippen molar-refractivity contribution in [2.75, 3.05) is 13.7 Å². The molecular formula is C14H15Cl2N3O3. The van der Waals surface area contributed by atoms with E-state index < -0.39 is 18.4 Å². The average molecular weight is 344 g/mol. The third-order valence-electron chi connectivity index (χ3n) is 2.68. The Morgan fingerprint density at radius 1 is 1.36 bits per heavy atom. The monoisotopic (exact) mass is 343 g/mol. The number of rotatable bonds is 6. The van der Waals surface area contributed by atoms with E-state index in [1.165, 1.54) is 32.2 Å². The number of ketones is 1. The number of nitrogens with one attached hydrogen (secondary N) is 2. The number of carbonyl (C=O) groups is 2. The molecule has 0 bridgehead atoms. The van der Waals surface area contributed by atoms with Crippen molar-refractivity contribution in [2.24, 2.45) is 5.73 Å². The quantitative estimate of drug-likeness (QED) is 0.317. The van der Waals surface area contributed by atoms with Crippen molar-refractivity contribution in [2.45, 2.75) is 6.92 Å². The number of esters is 1. The number of nitrogens with two attached hydrogens (primary N) is 1. The summed E-state index contributed by atoms with van der Waals surface area (Å²) in [6.07, 6.45) is 0. The van der Waals surface area contributed by atoms with Crippen LogP contribution in [0.1, 0.15) is 17.3 Å². The molecule has 0 aromatic heterocycles. The molecule has 0 atom stereocenters. The van der Waals surface area contributed by atoms with E-state index >= 15 is 0 Å². The van der Waals surface area contributed by atoms with Crippen LogP contribution in [0.15, 0.2) is 29.6 Å². The zero-order valence-electron chi connectivity index (χ0n) is 12.0. The first kappa shape index (κ1) is 18.0. The van der Waals surface area contributed by atoms with Gasteiger partial charge in [0.25, 0.3) is 0 Å². The Morgan fingerprint density at radius 3 is 2.50 bits per heavy atom. The minimum Gasteiger partial charge on any atom is -0.454 e. The van der Waals surface area contributed by atoms with Crippen LogP contribution in [0.5, 0.6) is 0 Å². The van der Waals surface area contributed by atoms with Crippen molar-refractivity contribution in [1.82, 2.24) is 5.32 Å². The van der Waals surface area contributed by atoms with Gasteiger partial charge in [-0.1, -0.05) is 23.2 Å². The standard InChI is InChI=1S/C14H15Cl2N3O3/c1-7(17)12(13(18)19-2)14(21)22-6-11(20)9-4-3-8(15)5-10(9)16/h3-5,17,19H,6,18H2,1-2H3/b13-12+,17-7?.